The van der Waals surface area contributed by atoms with Crippen LogP contribution in [0.3, 0.4) is 0 Å². The van der Waals surface area contributed by atoms with Gasteiger partial charge in [-0.15, -0.1) is 11.8 Å². The minimum atomic E-state index is -0.245. The Kier molecular flexibility index (Phi) is 66.5. The summed E-state index contributed by atoms with van der Waals surface area (Å²) in [4.78, 5) is 39.3. The SMILES string of the molecule is CC(C)=O.CNC(C)=O.CNC(C)=S.COC(C)=O.COC(C)=S.CSC(C)=O.CSC(C)=S. The summed E-state index contributed by atoms with van der Waals surface area (Å²) < 4.78 is 9.60. The second-order valence-electron chi connectivity index (χ2n) is 5.30. The van der Waals surface area contributed by atoms with E-state index in [1.54, 1.807) is 46.0 Å². The van der Waals surface area contributed by atoms with Crippen LogP contribution < -0.4 is 10.6 Å². The first-order chi connectivity index (χ1) is 15.4. The van der Waals surface area contributed by atoms with Crippen molar-refractivity contribution in [3.05, 3.63) is 0 Å². The number of amides is 1. The quantitative estimate of drug-likeness (QED) is 0.307. The van der Waals surface area contributed by atoms with Gasteiger partial charge >= 0.3 is 5.97 Å². The van der Waals surface area contributed by atoms with Crippen LogP contribution in [0.2, 0.25) is 0 Å². The Morgan fingerprint density at radius 3 is 0.853 bits per heavy atom. The van der Waals surface area contributed by atoms with E-state index >= 15 is 0 Å². The maximum atomic E-state index is 9.78. The van der Waals surface area contributed by atoms with Crippen molar-refractivity contribution in [2.75, 3.05) is 40.8 Å². The number of ketones is 1. The van der Waals surface area contributed by atoms with E-state index in [2.05, 4.69) is 56.8 Å². The summed E-state index contributed by atoms with van der Waals surface area (Å²) in [6.45, 7) is 12.9. The average Bonchev–Trinajstić information content (AvgIpc) is 2.75. The van der Waals surface area contributed by atoms with E-state index in [1.165, 1.54) is 46.6 Å². The van der Waals surface area contributed by atoms with Crippen LogP contribution in [-0.4, -0.2) is 77.8 Å². The molecular formula is C21H44N2O6S5. The Bertz CT molecular complexity index is 447. The van der Waals surface area contributed by atoms with Gasteiger partial charge in [-0.05, 0) is 52.4 Å². The molecule has 0 saturated carbocycles. The fraction of sp³-hybridized carbons (Fsp3) is 0.667. The lowest BCUT2D eigenvalue weighted by Gasteiger charge is -1.85. The number of thioether (sulfide) groups is 2. The molecule has 8 nitrogen and oxygen atoms in total. The zero-order valence-electron chi connectivity index (χ0n) is 23.0. The zero-order chi connectivity index (χ0) is 29.3. The molecule has 0 heterocycles. The monoisotopic (exact) mass is 580 g/mol. The maximum absolute atomic E-state index is 9.78. The lowest BCUT2D eigenvalue weighted by molar-refractivity contribution is -0.138. The van der Waals surface area contributed by atoms with Gasteiger partial charge in [0, 0.05) is 46.0 Å². The van der Waals surface area contributed by atoms with Gasteiger partial charge in [-0.3, -0.25) is 14.4 Å². The molecule has 0 fully saturated rings. The van der Waals surface area contributed by atoms with Crippen LogP contribution in [0.5, 0.6) is 0 Å². The van der Waals surface area contributed by atoms with E-state index in [0.717, 1.165) is 9.19 Å². The smallest absolute Gasteiger partial charge is 0.302 e. The summed E-state index contributed by atoms with van der Waals surface area (Å²) in [6.07, 6.45) is 3.74. The Labute approximate surface area is 231 Å². The highest BCUT2D eigenvalue weighted by atomic mass is 32.2. The summed E-state index contributed by atoms with van der Waals surface area (Å²) in [5, 5.41) is 5.91. The molecule has 0 aromatic heterocycles. The third-order valence-corrected chi connectivity index (χ3v) is 3.87. The van der Waals surface area contributed by atoms with Crippen LogP contribution >= 0.6 is 60.2 Å². The minimum absolute atomic E-state index is 0.00463. The van der Waals surface area contributed by atoms with E-state index in [0.29, 0.717) is 5.05 Å². The van der Waals surface area contributed by atoms with E-state index in [1.807, 2.05) is 27.2 Å². The van der Waals surface area contributed by atoms with Gasteiger partial charge in [-0.1, -0.05) is 36.2 Å². The highest BCUT2D eigenvalue weighted by molar-refractivity contribution is 8.22. The summed E-state index contributed by atoms with van der Waals surface area (Å²) >= 11 is 16.6. The summed E-state index contributed by atoms with van der Waals surface area (Å²) in [5.74, 6) is -0.0741. The molecule has 0 atom stereocenters. The third kappa shape index (κ3) is 233. The lowest BCUT2D eigenvalue weighted by Crippen LogP contribution is -2.11. The molecule has 0 saturated heterocycles. The van der Waals surface area contributed by atoms with Crippen LogP contribution in [0.4, 0.5) is 0 Å². The van der Waals surface area contributed by atoms with Gasteiger partial charge in [-0.2, -0.15) is 0 Å². The molecule has 0 aromatic carbocycles. The predicted molar refractivity (Wildman–Crippen MR) is 162 cm³/mol. The molecular weight excluding hydrogens is 537 g/mol. The van der Waals surface area contributed by atoms with Crippen molar-refractivity contribution in [1.29, 1.82) is 0 Å². The minimum Gasteiger partial charge on any atom is -0.491 e. The van der Waals surface area contributed by atoms with Crippen molar-refractivity contribution in [2.45, 2.75) is 55.4 Å². The number of carbonyl (C=O) groups excluding carboxylic acids is 4. The molecule has 0 aliphatic heterocycles. The molecule has 204 valence electrons. The number of esters is 1. The number of Topliss-reactive ketones (excluding diaryl/α,β-unsaturated/α-hetero) is 1. The van der Waals surface area contributed by atoms with Crippen LogP contribution in [0.1, 0.15) is 55.4 Å². The average molecular weight is 581 g/mol. The molecule has 0 aromatic rings. The number of hydrogen-bond acceptors (Lipinski definition) is 11. The Morgan fingerprint density at radius 1 is 0.676 bits per heavy atom. The van der Waals surface area contributed by atoms with Crippen molar-refractivity contribution in [1.82, 2.24) is 10.6 Å². The van der Waals surface area contributed by atoms with Gasteiger partial charge in [0.1, 0.15) is 5.78 Å². The molecule has 0 rings (SSSR count). The van der Waals surface area contributed by atoms with E-state index < -0.39 is 0 Å². The van der Waals surface area contributed by atoms with Crippen molar-refractivity contribution in [3.63, 3.8) is 0 Å². The first-order valence-corrected chi connectivity index (χ1v) is 13.1. The van der Waals surface area contributed by atoms with Crippen molar-refractivity contribution >= 4 is 97.2 Å². The molecule has 13 heteroatoms. The number of hydrogen-bond donors (Lipinski definition) is 2. The number of methoxy groups -OCH3 is 2. The fourth-order valence-electron chi connectivity index (χ4n) is 0. The van der Waals surface area contributed by atoms with Crippen molar-refractivity contribution < 1.29 is 28.7 Å². The number of thiocarbonyl (C=S) groups is 3. The molecule has 0 aliphatic carbocycles. The van der Waals surface area contributed by atoms with E-state index in [4.69, 9.17) is 0 Å². The first-order valence-electron chi connectivity index (χ1n) is 9.38. The maximum Gasteiger partial charge on any atom is 0.302 e. The second kappa shape index (κ2) is 45.4. The Balaban J connectivity index is -0.0000000501. The molecule has 0 bridgehead atoms. The van der Waals surface area contributed by atoms with E-state index in [9.17, 15) is 19.2 Å². The van der Waals surface area contributed by atoms with Gasteiger partial charge < -0.3 is 24.9 Å². The molecule has 1 amide bonds. The topological polar surface area (TPSA) is 111 Å². The van der Waals surface area contributed by atoms with Gasteiger partial charge in [-0.25, -0.2) is 0 Å². The van der Waals surface area contributed by atoms with Crippen molar-refractivity contribution in [2.24, 2.45) is 0 Å². The lowest BCUT2D eigenvalue weighted by atomic mass is 10.6. The third-order valence-electron chi connectivity index (χ3n) is 1.85. The normalized spacial score (nSPS) is 7.00. The van der Waals surface area contributed by atoms with Gasteiger partial charge in [0.05, 0.1) is 19.2 Å². The van der Waals surface area contributed by atoms with Crippen molar-refractivity contribution in [3.8, 4) is 0 Å². The number of rotatable bonds is 0. The molecule has 0 spiro atoms. The Morgan fingerprint density at radius 2 is 0.853 bits per heavy atom. The van der Waals surface area contributed by atoms with Crippen LogP contribution in [-0.2, 0) is 28.7 Å². The summed E-state index contributed by atoms with van der Waals surface area (Å²) in [7, 11) is 6.31. The zero-order valence-corrected chi connectivity index (χ0v) is 27.1. The molecule has 0 radical (unpaired) electrons. The second-order valence-corrected chi connectivity index (χ2v) is 9.37. The highest BCUT2D eigenvalue weighted by Gasteiger charge is 1.77. The van der Waals surface area contributed by atoms with Crippen LogP contribution in [0.25, 0.3) is 0 Å². The van der Waals surface area contributed by atoms with Crippen LogP contribution in [0, 0.1) is 0 Å². The predicted octanol–water partition coefficient (Wildman–Crippen LogP) is 4.65. The van der Waals surface area contributed by atoms with Gasteiger partial charge in [0.25, 0.3) is 0 Å². The summed E-state index contributed by atoms with van der Waals surface area (Å²) in [5.41, 5.74) is 0. The molecule has 2 N–H and O–H groups in total. The van der Waals surface area contributed by atoms with Gasteiger partial charge in [0.15, 0.2) is 10.2 Å². The summed E-state index contributed by atoms with van der Waals surface area (Å²) in [6, 6.07) is 0. The largest absolute Gasteiger partial charge is 0.491 e. The fourth-order valence-corrected chi connectivity index (χ4v) is 0. The Hall–Kier alpha value is -1.15. The standard InChI is InChI=1S/C3H7NO.C3H7NS.C3H6O2.2C3H6OS.C3H6O.C3H6S2/c2*1-3(5)4-2;2*1-3(4)5-2;1-3(5)4-2;1-3(2)4;1-3(4)5-2/h2*1-2H3,(H,4,5);3*1-2H3;1-2H3;1-2H3. The number of nitrogens with one attached hydrogen (secondary N) is 2. The van der Waals surface area contributed by atoms with E-state index in [-0.39, 0.29) is 22.8 Å². The van der Waals surface area contributed by atoms with Crippen LogP contribution in [0.15, 0.2) is 0 Å². The molecule has 34 heavy (non-hydrogen) atoms. The molecule has 0 unspecified atom stereocenters. The number of carbonyl (C=O) groups is 4. The number of ether oxygens (including phenoxy) is 2. The molecule has 0 aliphatic rings. The highest BCUT2D eigenvalue weighted by Crippen LogP contribution is 1.92. The first kappa shape index (κ1) is 49.9. The van der Waals surface area contributed by atoms with Gasteiger partial charge in [0.2, 0.25) is 5.91 Å².